The van der Waals surface area contributed by atoms with Crippen LogP contribution in [0.25, 0.3) is 16.1 Å². The summed E-state index contributed by atoms with van der Waals surface area (Å²) in [7, 11) is 0. The molecule has 0 aliphatic carbocycles. The fourth-order valence-electron chi connectivity index (χ4n) is 1.95. The lowest BCUT2D eigenvalue weighted by Crippen LogP contribution is -1.88. The Hall–Kier alpha value is -2.84. The number of nitriles is 1. The minimum Gasteiger partial charge on any atom is -0.236 e. The minimum absolute atomic E-state index is 0.399. The van der Waals surface area contributed by atoms with Crippen molar-refractivity contribution in [3.8, 4) is 6.07 Å². The van der Waals surface area contributed by atoms with Crippen molar-refractivity contribution in [3.63, 3.8) is 0 Å². The maximum atomic E-state index is 9.41. The summed E-state index contributed by atoms with van der Waals surface area (Å²) in [5.41, 5.74) is 4.64. The number of allylic oxidation sites excluding steroid dienone is 1. The number of benzene rings is 2. The van der Waals surface area contributed by atoms with E-state index in [-0.39, 0.29) is 0 Å². The first kappa shape index (κ1) is 13.6. The summed E-state index contributed by atoms with van der Waals surface area (Å²) in [6.07, 6.45) is 0. The zero-order chi connectivity index (χ0) is 14.5. The molecule has 0 aromatic heterocycles. The fraction of sp³-hybridized carbons (Fsp3) is 0.111. The number of aryl methyl sites for hydroxylation is 2. The molecule has 0 saturated heterocycles. The predicted octanol–water partition coefficient (Wildman–Crippen LogP) is 4.61. The Bertz CT molecular complexity index is 655. The van der Waals surface area contributed by atoms with E-state index >= 15 is 0 Å². The molecule has 0 spiro atoms. The monoisotopic (exact) mass is 258 g/mol. The van der Waals surface area contributed by atoms with Gasteiger partial charge in [-0.25, -0.2) is 4.85 Å². The molecule has 0 radical (unpaired) electrons. The molecular formula is C18H14N2. The summed E-state index contributed by atoms with van der Waals surface area (Å²) in [5.74, 6) is 0. The lowest BCUT2D eigenvalue weighted by atomic mass is 9.99. The van der Waals surface area contributed by atoms with Crippen LogP contribution in [0.15, 0.2) is 48.5 Å². The maximum Gasteiger partial charge on any atom is 0.212 e. The Balaban J connectivity index is 2.60. The molecule has 0 unspecified atom stereocenters. The second-order valence-electron chi connectivity index (χ2n) is 4.68. The molecule has 20 heavy (non-hydrogen) atoms. The zero-order valence-corrected chi connectivity index (χ0v) is 11.5. The molecule has 96 valence electrons. The molecule has 0 amide bonds. The van der Waals surface area contributed by atoms with Gasteiger partial charge >= 0.3 is 0 Å². The van der Waals surface area contributed by atoms with Gasteiger partial charge in [0.1, 0.15) is 0 Å². The quantitative estimate of drug-likeness (QED) is 0.439. The van der Waals surface area contributed by atoms with Gasteiger partial charge in [0.2, 0.25) is 5.70 Å². The highest BCUT2D eigenvalue weighted by atomic mass is 14.7. The van der Waals surface area contributed by atoms with Gasteiger partial charge in [0, 0.05) is 0 Å². The first-order chi connectivity index (χ1) is 9.65. The molecule has 0 N–H and O–H groups in total. The van der Waals surface area contributed by atoms with Gasteiger partial charge in [-0.15, -0.1) is 0 Å². The van der Waals surface area contributed by atoms with Crippen molar-refractivity contribution in [2.75, 3.05) is 0 Å². The molecule has 0 aliphatic rings. The first-order valence-electron chi connectivity index (χ1n) is 6.31. The molecule has 2 aromatic rings. The van der Waals surface area contributed by atoms with Gasteiger partial charge < -0.3 is 0 Å². The number of nitrogens with zero attached hydrogens (tertiary/aromatic N) is 2. The summed E-state index contributed by atoms with van der Waals surface area (Å²) in [5, 5.41) is 9.41. The van der Waals surface area contributed by atoms with E-state index in [9.17, 15) is 5.26 Å². The second-order valence-corrected chi connectivity index (χ2v) is 4.68. The van der Waals surface area contributed by atoms with Crippen molar-refractivity contribution in [1.29, 1.82) is 5.26 Å². The van der Waals surface area contributed by atoms with Gasteiger partial charge in [-0.2, -0.15) is 5.26 Å². The van der Waals surface area contributed by atoms with Crippen molar-refractivity contribution < 1.29 is 0 Å². The first-order valence-corrected chi connectivity index (χ1v) is 6.31. The lowest BCUT2D eigenvalue weighted by Gasteiger charge is -2.05. The second kappa shape index (κ2) is 5.87. The van der Waals surface area contributed by atoms with Crippen molar-refractivity contribution >= 4 is 11.3 Å². The Morgan fingerprint density at radius 1 is 0.900 bits per heavy atom. The van der Waals surface area contributed by atoms with E-state index in [1.165, 1.54) is 0 Å². The van der Waals surface area contributed by atoms with Gasteiger partial charge in [0.25, 0.3) is 0 Å². The van der Waals surface area contributed by atoms with E-state index in [2.05, 4.69) is 10.9 Å². The summed E-state index contributed by atoms with van der Waals surface area (Å²) < 4.78 is 0. The molecule has 0 atom stereocenters. The van der Waals surface area contributed by atoms with E-state index in [0.29, 0.717) is 11.3 Å². The number of rotatable bonds is 2. The molecule has 2 rings (SSSR count). The van der Waals surface area contributed by atoms with Crippen LogP contribution in [0.1, 0.15) is 22.3 Å². The molecule has 2 nitrogen and oxygen atoms in total. The molecule has 0 bridgehead atoms. The molecular weight excluding hydrogens is 244 g/mol. The summed E-state index contributed by atoms with van der Waals surface area (Å²) in [4.78, 5) is 3.57. The highest BCUT2D eigenvalue weighted by molar-refractivity contribution is 5.99. The predicted molar refractivity (Wildman–Crippen MR) is 81.4 cm³/mol. The van der Waals surface area contributed by atoms with Crippen molar-refractivity contribution in [2.45, 2.75) is 13.8 Å². The molecule has 0 heterocycles. The lowest BCUT2D eigenvalue weighted by molar-refractivity contribution is 1.44. The van der Waals surface area contributed by atoms with Crippen LogP contribution in [-0.4, -0.2) is 0 Å². The summed E-state index contributed by atoms with van der Waals surface area (Å²) in [6, 6.07) is 17.5. The van der Waals surface area contributed by atoms with E-state index in [1.54, 1.807) is 0 Å². The fourth-order valence-corrected chi connectivity index (χ4v) is 1.95. The van der Waals surface area contributed by atoms with Crippen LogP contribution in [0.2, 0.25) is 0 Å². The van der Waals surface area contributed by atoms with Crippen molar-refractivity contribution in [1.82, 2.24) is 0 Å². The number of hydrogen-bond donors (Lipinski definition) is 0. The average molecular weight is 258 g/mol. The molecule has 0 saturated carbocycles. The van der Waals surface area contributed by atoms with Crippen LogP contribution in [0.5, 0.6) is 0 Å². The van der Waals surface area contributed by atoms with Gasteiger partial charge in [0.15, 0.2) is 0 Å². The molecule has 0 aliphatic heterocycles. The Morgan fingerprint density at radius 3 is 1.75 bits per heavy atom. The highest BCUT2D eigenvalue weighted by Gasteiger charge is 2.11. The smallest absolute Gasteiger partial charge is 0.212 e. The van der Waals surface area contributed by atoms with Crippen LogP contribution in [-0.2, 0) is 0 Å². The molecule has 2 heteroatoms. The normalized spacial score (nSPS) is 11.2. The summed E-state index contributed by atoms with van der Waals surface area (Å²) >= 11 is 0. The van der Waals surface area contributed by atoms with Gasteiger partial charge in [0.05, 0.1) is 18.2 Å². The van der Waals surface area contributed by atoms with Crippen molar-refractivity contribution in [3.05, 3.63) is 82.2 Å². The van der Waals surface area contributed by atoms with Gasteiger partial charge in [-0.1, -0.05) is 59.7 Å². The van der Waals surface area contributed by atoms with E-state index < -0.39 is 0 Å². The van der Waals surface area contributed by atoms with Crippen LogP contribution >= 0.6 is 0 Å². The Labute approximate surface area is 119 Å². The van der Waals surface area contributed by atoms with Crippen LogP contribution in [0.3, 0.4) is 0 Å². The van der Waals surface area contributed by atoms with Gasteiger partial charge in [-0.3, -0.25) is 0 Å². The zero-order valence-electron chi connectivity index (χ0n) is 11.5. The average Bonchev–Trinajstić information content (AvgIpc) is 2.47. The Kier molecular flexibility index (Phi) is 3.99. The SMILES string of the molecule is [C-]#[N+]/C(=C(/C#N)c1ccc(C)cc1)c1ccc(C)cc1. The van der Waals surface area contributed by atoms with E-state index in [0.717, 1.165) is 22.3 Å². The minimum atomic E-state index is 0.399. The molecule has 2 aromatic carbocycles. The van der Waals surface area contributed by atoms with E-state index in [1.807, 2.05) is 62.4 Å². The highest BCUT2D eigenvalue weighted by Crippen LogP contribution is 2.27. The van der Waals surface area contributed by atoms with Gasteiger partial charge in [-0.05, 0) is 25.0 Å². The number of hydrogen-bond acceptors (Lipinski definition) is 1. The van der Waals surface area contributed by atoms with Crippen LogP contribution < -0.4 is 0 Å². The summed E-state index contributed by atoms with van der Waals surface area (Å²) in [6.45, 7) is 11.4. The third-order valence-electron chi connectivity index (χ3n) is 3.13. The Morgan fingerprint density at radius 2 is 1.35 bits per heavy atom. The standard InChI is InChI=1S/C18H14N2/c1-13-4-8-15(9-5-13)17(12-19)18(20-3)16-10-6-14(2)7-11-16/h4-11H,1-2H3/b18-17-. The third-order valence-corrected chi connectivity index (χ3v) is 3.13. The largest absolute Gasteiger partial charge is 0.236 e. The van der Waals surface area contributed by atoms with Crippen molar-refractivity contribution in [2.24, 2.45) is 0 Å². The molecule has 0 fully saturated rings. The maximum absolute atomic E-state index is 9.41. The van der Waals surface area contributed by atoms with Crippen LogP contribution in [0.4, 0.5) is 0 Å². The topological polar surface area (TPSA) is 28.1 Å². The van der Waals surface area contributed by atoms with E-state index in [4.69, 9.17) is 6.57 Å². The third kappa shape index (κ3) is 2.76. The van der Waals surface area contributed by atoms with Crippen LogP contribution in [0, 0.1) is 31.8 Å².